The second kappa shape index (κ2) is 9.96. The molecule has 2 aromatic rings. The Bertz CT molecular complexity index is 777. The minimum atomic E-state index is -4.72. The van der Waals surface area contributed by atoms with Crippen molar-refractivity contribution in [3.05, 3.63) is 64.6 Å². The van der Waals surface area contributed by atoms with Crippen LogP contribution in [0.1, 0.15) is 31.4 Å². The first-order chi connectivity index (χ1) is 13.7. The van der Waals surface area contributed by atoms with Gasteiger partial charge >= 0.3 is 6.18 Å². The summed E-state index contributed by atoms with van der Waals surface area (Å²) in [5, 5.41) is 2.08. The lowest BCUT2D eigenvalue weighted by Gasteiger charge is -2.26. The molecule has 2 aromatic carbocycles. The second-order valence-corrected chi connectivity index (χ2v) is 7.42. The van der Waals surface area contributed by atoms with Gasteiger partial charge in [-0.15, -0.1) is 11.6 Å². The van der Waals surface area contributed by atoms with Crippen LogP contribution < -0.4 is 9.47 Å². The van der Waals surface area contributed by atoms with Crippen molar-refractivity contribution in [3.8, 4) is 11.5 Å². The molecular formula is C21H23ClF3NO3. The van der Waals surface area contributed by atoms with Crippen LogP contribution in [0, 0.1) is 4.91 Å². The topological polar surface area (TPSA) is 47.9 Å². The maximum atomic E-state index is 12.6. The van der Waals surface area contributed by atoms with Crippen molar-refractivity contribution in [2.45, 2.75) is 37.9 Å². The van der Waals surface area contributed by atoms with Crippen molar-refractivity contribution in [3.63, 3.8) is 0 Å². The molecule has 0 spiro atoms. The molecule has 4 nitrogen and oxygen atoms in total. The van der Waals surface area contributed by atoms with Gasteiger partial charge in [0.1, 0.15) is 18.1 Å². The number of rotatable bonds is 10. The Morgan fingerprint density at radius 1 is 0.931 bits per heavy atom. The average Bonchev–Trinajstić information content (AvgIpc) is 2.68. The van der Waals surface area contributed by atoms with E-state index < -0.39 is 18.8 Å². The Morgan fingerprint density at radius 3 is 1.83 bits per heavy atom. The third kappa shape index (κ3) is 6.35. The van der Waals surface area contributed by atoms with Crippen LogP contribution in [0.15, 0.2) is 53.7 Å². The first-order valence-corrected chi connectivity index (χ1v) is 9.63. The Balaban J connectivity index is 2.04. The second-order valence-electron chi connectivity index (χ2n) is 7.04. The fourth-order valence-corrected chi connectivity index (χ4v) is 2.82. The Labute approximate surface area is 172 Å². The summed E-state index contributed by atoms with van der Waals surface area (Å²) in [5.41, 5.74) is 1.67. The number of hydrogen-bond acceptors (Lipinski definition) is 4. The van der Waals surface area contributed by atoms with E-state index in [0.717, 1.165) is 23.3 Å². The highest BCUT2D eigenvalue weighted by Gasteiger charge is 2.41. The van der Waals surface area contributed by atoms with Gasteiger partial charge in [0.2, 0.25) is 6.04 Å². The minimum absolute atomic E-state index is 0.241. The molecule has 0 aromatic heterocycles. The van der Waals surface area contributed by atoms with Crippen LogP contribution in [0.25, 0.3) is 0 Å². The molecule has 0 amide bonds. The van der Waals surface area contributed by atoms with Crippen LogP contribution in [-0.2, 0) is 5.41 Å². The summed E-state index contributed by atoms with van der Waals surface area (Å²) < 4.78 is 48.4. The summed E-state index contributed by atoms with van der Waals surface area (Å²) in [4.78, 5) is 10.3. The fourth-order valence-electron chi connectivity index (χ4n) is 2.71. The van der Waals surface area contributed by atoms with Gasteiger partial charge in [-0.25, -0.2) is 0 Å². The van der Waals surface area contributed by atoms with Gasteiger partial charge < -0.3 is 9.47 Å². The molecule has 158 valence electrons. The van der Waals surface area contributed by atoms with E-state index in [4.69, 9.17) is 21.1 Å². The lowest BCUT2D eigenvalue weighted by Crippen LogP contribution is -2.32. The Morgan fingerprint density at radius 2 is 1.41 bits per heavy atom. The van der Waals surface area contributed by atoms with Crippen LogP contribution in [0.2, 0.25) is 0 Å². The summed E-state index contributed by atoms with van der Waals surface area (Å²) in [6.45, 7) is 3.80. The molecule has 0 radical (unpaired) electrons. The number of ether oxygens (including phenoxy) is 2. The number of nitrogens with zero attached hydrogens (tertiary/aromatic N) is 1. The smallest absolute Gasteiger partial charge is 0.417 e. The van der Waals surface area contributed by atoms with E-state index in [1.54, 1.807) is 24.3 Å². The normalized spacial score (nSPS) is 13.0. The highest BCUT2D eigenvalue weighted by molar-refractivity contribution is 6.17. The van der Waals surface area contributed by atoms with Crippen LogP contribution in [0.5, 0.6) is 11.5 Å². The van der Waals surface area contributed by atoms with Gasteiger partial charge in [0.15, 0.2) is 0 Å². The zero-order valence-corrected chi connectivity index (χ0v) is 17.0. The number of hydrogen-bond donors (Lipinski definition) is 0. The van der Waals surface area contributed by atoms with Gasteiger partial charge in [-0.3, -0.25) is 0 Å². The molecule has 0 aliphatic carbocycles. The molecule has 0 saturated heterocycles. The van der Waals surface area contributed by atoms with Crippen molar-refractivity contribution in [1.82, 2.24) is 0 Å². The molecule has 8 heteroatoms. The summed E-state index contributed by atoms with van der Waals surface area (Å²) >= 11 is 5.64. The monoisotopic (exact) mass is 429 g/mol. The van der Waals surface area contributed by atoms with Gasteiger partial charge in [0.25, 0.3) is 0 Å². The summed E-state index contributed by atoms with van der Waals surface area (Å²) in [5.74, 6) is 1.56. The number of nitroso groups, excluding NO2 is 1. The van der Waals surface area contributed by atoms with Crippen LogP contribution in [0.4, 0.5) is 13.2 Å². The summed E-state index contributed by atoms with van der Waals surface area (Å²) in [6.07, 6.45) is -3.95. The molecule has 0 bridgehead atoms. The van der Waals surface area contributed by atoms with Crippen molar-refractivity contribution >= 4 is 11.6 Å². The number of halogens is 4. The number of alkyl halides is 4. The molecule has 0 N–H and O–H groups in total. The zero-order chi connectivity index (χ0) is 21.5. The van der Waals surface area contributed by atoms with Crippen molar-refractivity contribution in [2.75, 3.05) is 19.1 Å². The zero-order valence-electron chi connectivity index (χ0n) is 16.2. The number of benzene rings is 2. The predicted molar refractivity (Wildman–Crippen MR) is 107 cm³/mol. The van der Waals surface area contributed by atoms with Gasteiger partial charge in [-0.05, 0) is 41.8 Å². The molecule has 0 heterocycles. The van der Waals surface area contributed by atoms with E-state index in [9.17, 15) is 18.1 Å². The third-order valence-electron chi connectivity index (χ3n) is 4.61. The maximum absolute atomic E-state index is 12.6. The molecule has 29 heavy (non-hydrogen) atoms. The Kier molecular flexibility index (Phi) is 7.90. The predicted octanol–water partition coefficient (Wildman–Crippen LogP) is 6.10. The Hall–Kier alpha value is -2.28. The van der Waals surface area contributed by atoms with Crippen molar-refractivity contribution in [2.24, 2.45) is 5.18 Å². The van der Waals surface area contributed by atoms with Gasteiger partial charge in [0, 0.05) is 11.3 Å². The highest BCUT2D eigenvalue weighted by atomic mass is 35.5. The molecule has 2 rings (SSSR count). The lowest BCUT2D eigenvalue weighted by atomic mass is 9.78. The summed E-state index contributed by atoms with van der Waals surface area (Å²) in [7, 11) is 0. The molecular weight excluding hydrogens is 407 g/mol. The van der Waals surface area contributed by atoms with Crippen molar-refractivity contribution < 1.29 is 22.6 Å². The lowest BCUT2D eigenvalue weighted by molar-refractivity contribution is -0.153. The molecule has 0 fully saturated rings. The van der Waals surface area contributed by atoms with Crippen LogP contribution in [-0.4, -0.2) is 31.3 Å². The fraction of sp³-hybridized carbons (Fsp3) is 0.429. The quantitative estimate of drug-likeness (QED) is 0.260. The van der Waals surface area contributed by atoms with Crippen molar-refractivity contribution in [1.29, 1.82) is 0 Å². The van der Waals surface area contributed by atoms with E-state index in [1.807, 2.05) is 38.1 Å². The van der Waals surface area contributed by atoms with Gasteiger partial charge in [-0.1, -0.05) is 43.3 Å². The molecule has 0 aliphatic rings. The van der Waals surface area contributed by atoms with Crippen LogP contribution in [0.3, 0.4) is 0 Å². The average molecular weight is 430 g/mol. The molecule has 1 atom stereocenters. The first kappa shape index (κ1) is 23.0. The summed E-state index contributed by atoms with van der Waals surface area (Å²) in [6, 6.07) is 12.1. The van der Waals surface area contributed by atoms with Gasteiger partial charge in [-0.2, -0.15) is 18.1 Å². The maximum Gasteiger partial charge on any atom is 0.417 e. The van der Waals surface area contributed by atoms with Gasteiger partial charge in [0.05, 0.1) is 6.61 Å². The SMILES string of the molecule is CC(C)(c1ccc(OCCCCl)cc1)c1ccc(OCC(N=O)C(F)(F)F)cc1. The van der Waals surface area contributed by atoms with E-state index in [-0.39, 0.29) is 11.2 Å². The largest absolute Gasteiger partial charge is 0.494 e. The van der Waals surface area contributed by atoms with Crippen LogP contribution >= 0.6 is 11.6 Å². The molecule has 0 aliphatic heterocycles. The van der Waals surface area contributed by atoms with E-state index in [2.05, 4.69) is 5.18 Å². The standard InChI is InChI=1S/C21H23ClF3NO3/c1-20(2,15-4-8-17(9-5-15)28-13-3-12-22)16-6-10-18(11-7-16)29-14-19(26-27)21(23,24)25/h4-11,19H,3,12-14H2,1-2H3. The van der Waals surface area contributed by atoms with E-state index in [1.165, 1.54) is 0 Å². The molecule has 0 saturated carbocycles. The minimum Gasteiger partial charge on any atom is -0.494 e. The third-order valence-corrected chi connectivity index (χ3v) is 4.88. The van der Waals surface area contributed by atoms with E-state index in [0.29, 0.717) is 12.5 Å². The van der Waals surface area contributed by atoms with E-state index >= 15 is 0 Å². The first-order valence-electron chi connectivity index (χ1n) is 9.10. The molecule has 1 unspecified atom stereocenters. The highest BCUT2D eigenvalue weighted by Crippen LogP contribution is 2.33.